The van der Waals surface area contributed by atoms with Gasteiger partial charge in [-0.05, 0) is 0 Å². The molecule has 0 amide bonds. The van der Waals surface area contributed by atoms with Crippen LogP contribution in [0.2, 0.25) is 0 Å². The molecular formula is C12AlF10+. The Labute approximate surface area is 127 Å². The predicted molar refractivity (Wildman–Crippen MR) is 57.5 cm³/mol. The molecule has 11 heteroatoms. The molecule has 0 spiro atoms. The van der Waals surface area contributed by atoms with Gasteiger partial charge in [0.15, 0.2) is 0 Å². The van der Waals surface area contributed by atoms with Gasteiger partial charge in [-0.2, -0.15) is 0 Å². The van der Waals surface area contributed by atoms with E-state index in [0.29, 0.717) is 0 Å². The third-order valence-electron chi connectivity index (χ3n) is 2.78. The minimum absolute atomic E-state index is 1.65. The van der Waals surface area contributed by atoms with Crippen LogP contribution in [0.25, 0.3) is 0 Å². The van der Waals surface area contributed by atoms with Gasteiger partial charge >= 0.3 is 126 Å². The zero-order valence-corrected chi connectivity index (χ0v) is 11.5. The second kappa shape index (κ2) is 6.05. The van der Waals surface area contributed by atoms with Gasteiger partial charge in [0.25, 0.3) is 0 Å². The maximum atomic E-state index is 13.4. The van der Waals surface area contributed by atoms with E-state index in [0.717, 1.165) is 0 Å². The molecule has 0 aliphatic rings. The fraction of sp³-hybridized carbons (Fsp3) is 0. The summed E-state index contributed by atoms with van der Waals surface area (Å²) in [6.45, 7) is 0. The van der Waals surface area contributed by atoms with Crippen LogP contribution in [0.1, 0.15) is 0 Å². The molecule has 0 nitrogen and oxygen atoms in total. The van der Waals surface area contributed by atoms with Crippen LogP contribution in [0, 0.1) is 58.2 Å². The Morgan fingerprint density at radius 3 is 0.696 bits per heavy atom. The van der Waals surface area contributed by atoms with Crippen LogP contribution in [0.4, 0.5) is 43.9 Å². The quantitative estimate of drug-likeness (QED) is 0.334. The van der Waals surface area contributed by atoms with Crippen LogP contribution >= 0.6 is 0 Å². The first-order valence-corrected chi connectivity index (χ1v) is 6.62. The zero-order valence-electron chi connectivity index (χ0n) is 10.4. The van der Waals surface area contributed by atoms with Crippen molar-refractivity contribution < 1.29 is 43.9 Å². The third kappa shape index (κ3) is 2.68. The van der Waals surface area contributed by atoms with E-state index < -0.39 is 82.2 Å². The molecule has 0 unspecified atom stereocenters. The molecule has 23 heavy (non-hydrogen) atoms. The summed E-state index contributed by atoms with van der Waals surface area (Å²) in [5.41, 5.74) is 0. The van der Waals surface area contributed by atoms with Crippen molar-refractivity contribution in [3.05, 3.63) is 58.2 Å². The van der Waals surface area contributed by atoms with Gasteiger partial charge in [0.05, 0.1) is 0 Å². The second-order valence-electron chi connectivity index (χ2n) is 4.11. The van der Waals surface area contributed by atoms with Crippen molar-refractivity contribution in [1.82, 2.24) is 0 Å². The summed E-state index contributed by atoms with van der Waals surface area (Å²) in [5.74, 6) is -24.2. The van der Waals surface area contributed by atoms with Crippen LogP contribution in [0.15, 0.2) is 0 Å². The van der Waals surface area contributed by atoms with E-state index >= 15 is 0 Å². The van der Waals surface area contributed by atoms with Crippen molar-refractivity contribution in [3.8, 4) is 0 Å². The number of halogens is 10. The van der Waals surface area contributed by atoms with Crippen molar-refractivity contribution in [3.63, 3.8) is 0 Å². The van der Waals surface area contributed by atoms with Crippen LogP contribution in [0.5, 0.6) is 0 Å². The number of hydrogen-bond donors (Lipinski definition) is 0. The Morgan fingerprint density at radius 1 is 0.304 bits per heavy atom. The third-order valence-corrected chi connectivity index (χ3v) is 4.37. The molecule has 0 bridgehead atoms. The standard InChI is InChI=1S/2C6F5.Al/c2*7-2-1-3(8)5(10)6(11)4(2)9;/q;;+1. The Balaban J connectivity index is 2.71. The molecule has 2 aromatic rings. The summed E-state index contributed by atoms with van der Waals surface area (Å²) < 4.78 is 128. The molecule has 0 saturated heterocycles. The molecule has 0 aliphatic carbocycles. The van der Waals surface area contributed by atoms with E-state index in [-0.39, 0.29) is 0 Å². The molecule has 2 aromatic carbocycles. The molecule has 0 radical (unpaired) electrons. The van der Waals surface area contributed by atoms with E-state index in [1.807, 2.05) is 0 Å². The van der Waals surface area contributed by atoms with Crippen LogP contribution in [0.3, 0.4) is 0 Å². The topological polar surface area (TPSA) is 0 Å². The van der Waals surface area contributed by atoms with Gasteiger partial charge in [-0.1, -0.05) is 0 Å². The van der Waals surface area contributed by atoms with Crippen LogP contribution in [-0.2, 0) is 0 Å². The Hall–Kier alpha value is -1.73. The Kier molecular flexibility index (Phi) is 4.64. The summed E-state index contributed by atoms with van der Waals surface area (Å²) in [6, 6.07) is 0. The first-order chi connectivity index (χ1) is 10.6. The van der Waals surface area contributed by atoms with Gasteiger partial charge in [0.2, 0.25) is 0 Å². The van der Waals surface area contributed by atoms with Crippen molar-refractivity contribution >= 4 is 24.1 Å². The predicted octanol–water partition coefficient (Wildman–Crippen LogP) is 2.73. The monoisotopic (exact) mass is 361 g/mol. The zero-order chi connectivity index (χ0) is 17.6. The van der Waals surface area contributed by atoms with Gasteiger partial charge in [-0.3, -0.25) is 0 Å². The SMILES string of the molecule is Fc1c(F)c(F)[c]([Al+][c]2c(F)c(F)c(F)c(F)c2F)c(F)c1F. The molecule has 2 rings (SSSR count). The molecule has 0 fully saturated rings. The second-order valence-corrected chi connectivity index (χ2v) is 5.55. The molecule has 0 aliphatic heterocycles. The molecule has 0 saturated carbocycles. The first kappa shape index (κ1) is 17.6. The summed E-state index contributed by atoms with van der Waals surface area (Å²) in [7, 11) is 0. The van der Waals surface area contributed by atoms with E-state index in [9.17, 15) is 43.9 Å². The Morgan fingerprint density at radius 2 is 0.478 bits per heavy atom. The molecule has 0 aromatic heterocycles. The summed E-state index contributed by atoms with van der Waals surface area (Å²) in [6.07, 6.45) is 0. The number of rotatable bonds is 2. The van der Waals surface area contributed by atoms with Gasteiger partial charge < -0.3 is 0 Å². The Bertz CT molecular complexity index is 691. The van der Waals surface area contributed by atoms with E-state index in [2.05, 4.69) is 0 Å². The summed E-state index contributed by atoms with van der Waals surface area (Å²) >= 11 is -2.65. The fourth-order valence-electron chi connectivity index (χ4n) is 1.64. The summed E-state index contributed by atoms with van der Waals surface area (Å²) in [4.78, 5) is 0. The fourth-order valence-corrected chi connectivity index (χ4v) is 2.94. The van der Waals surface area contributed by atoms with E-state index in [4.69, 9.17) is 0 Å². The normalized spacial score (nSPS) is 10.9. The van der Waals surface area contributed by atoms with E-state index in [1.54, 1.807) is 0 Å². The molecule has 0 heterocycles. The van der Waals surface area contributed by atoms with Gasteiger partial charge in [-0.15, -0.1) is 0 Å². The van der Waals surface area contributed by atoms with Crippen LogP contribution < -0.4 is 8.85 Å². The number of hydrogen-bond acceptors (Lipinski definition) is 0. The average molecular weight is 361 g/mol. The van der Waals surface area contributed by atoms with Gasteiger partial charge in [0, 0.05) is 0 Å². The molecule has 0 N–H and O–H groups in total. The first-order valence-electron chi connectivity index (χ1n) is 5.47. The van der Waals surface area contributed by atoms with Crippen molar-refractivity contribution in [2.45, 2.75) is 0 Å². The van der Waals surface area contributed by atoms with Crippen LogP contribution in [-0.4, -0.2) is 15.2 Å². The molecular weight excluding hydrogens is 361 g/mol. The molecule has 0 atom stereocenters. The van der Waals surface area contributed by atoms with E-state index in [1.165, 1.54) is 0 Å². The van der Waals surface area contributed by atoms with Crippen molar-refractivity contribution in [2.75, 3.05) is 0 Å². The molecule has 120 valence electrons. The summed E-state index contributed by atoms with van der Waals surface area (Å²) in [5, 5.41) is 0. The maximum absolute atomic E-state index is 13.4. The number of benzene rings is 2. The van der Waals surface area contributed by atoms with Crippen molar-refractivity contribution in [2.24, 2.45) is 0 Å². The van der Waals surface area contributed by atoms with Gasteiger partial charge in [0.1, 0.15) is 0 Å². The average Bonchev–Trinajstić information content (AvgIpc) is 2.54. The van der Waals surface area contributed by atoms with Crippen molar-refractivity contribution in [1.29, 1.82) is 0 Å². The minimum atomic E-state index is -2.65. The van der Waals surface area contributed by atoms with Gasteiger partial charge in [-0.25, -0.2) is 0 Å².